The lowest BCUT2D eigenvalue weighted by atomic mass is 10.2. The van der Waals surface area contributed by atoms with Crippen LogP contribution in [-0.4, -0.2) is 16.3 Å². The molecule has 0 saturated heterocycles. The van der Waals surface area contributed by atoms with Gasteiger partial charge >= 0.3 is 0 Å². The monoisotopic (exact) mass is 227 g/mol. The van der Waals surface area contributed by atoms with Crippen molar-refractivity contribution in [1.82, 2.24) is 15.1 Å². The molecule has 3 nitrogen and oxygen atoms in total. The van der Waals surface area contributed by atoms with Gasteiger partial charge in [-0.3, -0.25) is 4.68 Å². The van der Waals surface area contributed by atoms with Crippen LogP contribution in [-0.2, 0) is 13.1 Å². The molecule has 0 saturated carbocycles. The smallest absolute Gasteiger partial charge is 0.0534 e. The second-order valence-corrected chi connectivity index (χ2v) is 4.62. The quantitative estimate of drug-likeness (QED) is 0.809. The Hall–Kier alpha value is -0.800. The van der Waals surface area contributed by atoms with Crippen molar-refractivity contribution >= 4 is 11.6 Å². The van der Waals surface area contributed by atoms with Gasteiger partial charge in [0.25, 0.3) is 0 Å². The molecule has 0 spiro atoms. The zero-order valence-electron chi connectivity index (χ0n) is 9.33. The van der Waals surface area contributed by atoms with Gasteiger partial charge in [-0.05, 0) is 5.92 Å². The fourth-order valence-corrected chi connectivity index (χ4v) is 1.41. The minimum absolute atomic E-state index is 0.619. The number of nitrogens with zero attached hydrogens (tertiary/aromatic N) is 2. The lowest BCUT2D eigenvalue weighted by Crippen LogP contribution is -2.14. The minimum Gasteiger partial charge on any atom is -0.308 e. The Labute approximate surface area is 96.1 Å². The van der Waals surface area contributed by atoms with Crippen molar-refractivity contribution in [3.8, 4) is 0 Å². The van der Waals surface area contributed by atoms with Crippen LogP contribution in [0.2, 0.25) is 0 Å². The first kappa shape index (κ1) is 12.3. The van der Waals surface area contributed by atoms with Crippen molar-refractivity contribution in [2.24, 2.45) is 5.92 Å². The van der Waals surface area contributed by atoms with E-state index in [2.05, 4.69) is 37.0 Å². The van der Waals surface area contributed by atoms with Crippen molar-refractivity contribution < 1.29 is 0 Å². The third kappa shape index (κ3) is 5.00. The second-order valence-electron chi connectivity index (χ2n) is 4.09. The van der Waals surface area contributed by atoms with Crippen LogP contribution in [0.15, 0.2) is 24.0 Å². The number of hydrogen-bond acceptors (Lipinski definition) is 2. The summed E-state index contributed by atoms with van der Waals surface area (Å²) in [6.45, 7) is 10.3. The SMILES string of the molecule is C=C(Cl)CNCc1cnn(CC(C)C)c1. The first-order valence-corrected chi connectivity index (χ1v) is 5.51. The van der Waals surface area contributed by atoms with Crippen LogP contribution in [0.5, 0.6) is 0 Å². The number of halogens is 1. The molecule has 0 aliphatic heterocycles. The van der Waals surface area contributed by atoms with E-state index >= 15 is 0 Å². The summed E-state index contributed by atoms with van der Waals surface area (Å²) in [5, 5.41) is 8.09. The van der Waals surface area contributed by atoms with Crippen LogP contribution in [0.25, 0.3) is 0 Å². The molecule has 1 heterocycles. The lowest BCUT2D eigenvalue weighted by molar-refractivity contribution is 0.482. The molecule has 0 amide bonds. The van der Waals surface area contributed by atoms with Crippen molar-refractivity contribution in [3.05, 3.63) is 29.6 Å². The van der Waals surface area contributed by atoms with Crippen LogP contribution in [0.1, 0.15) is 19.4 Å². The third-order valence-electron chi connectivity index (χ3n) is 1.88. The van der Waals surface area contributed by atoms with E-state index in [0.29, 0.717) is 17.5 Å². The first-order valence-electron chi connectivity index (χ1n) is 5.13. The third-order valence-corrected chi connectivity index (χ3v) is 2.02. The molecule has 1 rings (SSSR count). The number of nitrogens with one attached hydrogen (secondary N) is 1. The predicted molar refractivity (Wildman–Crippen MR) is 63.8 cm³/mol. The molecule has 0 atom stereocenters. The molecule has 4 heteroatoms. The highest BCUT2D eigenvalue weighted by molar-refractivity contribution is 6.29. The number of aromatic nitrogens is 2. The molecule has 1 aromatic rings. The van der Waals surface area contributed by atoms with Crippen molar-refractivity contribution in [2.75, 3.05) is 6.54 Å². The maximum absolute atomic E-state index is 5.64. The fourth-order valence-electron chi connectivity index (χ4n) is 1.31. The van der Waals surface area contributed by atoms with E-state index in [1.165, 1.54) is 5.56 Å². The van der Waals surface area contributed by atoms with Crippen LogP contribution in [0.4, 0.5) is 0 Å². The summed E-state index contributed by atoms with van der Waals surface area (Å²) in [5.74, 6) is 0.619. The van der Waals surface area contributed by atoms with E-state index in [1.807, 2.05) is 10.9 Å². The standard InChI is InChI=1S/C11H18ClN3/c1-9(2)7-15-8-11(6-14-15)5-13-4-10(3)12/h6,8-9,13H,3-5,7H2,1-2H3. The Kier molecular flexibility index (Phi) is 4.85. The molecule has 84 valence electrons. The highest BCUT2D eigenvalue weighted by Crippen LogP contribution is 2.02. The molecule has 1 N–H and O–H groups in total. The van der Waals surface area contributed by atoms with Gasteiger partial charge in [0.15, 0.2) is 0 Å². The van der Waals surface area contributed by atoms with E-state index in [1.54, 1.807) is 0 Å². The number of rotatable bonds is 6. The highest BCUT2D eigenvalue weighted by Gasteiger charge is 2.00. The van der Waals surface area contributed by atoms with Crippen LogP contribution in [0.3, 0.4) is 0 Å². The molecule has 0 aliphatic carbocycles. The van der Waals surface area contributed by atoms with Crippen LogP contribution in [0, 0.1) is 5.92 Å². The van der Waals surface area contributed by atoms with Gasteiger partial charge < -0.3 is 5.32 Å². The zero-order chi connectivity index (χ0) is 11.3. The first-order chi connectivity index (χ1) is 7.08. The normalized spacial score (nSPS) is 10.9. The molecule has 0 radical (unpaired) electrons. The summed E-state index contributed by atoms with van der Waals surface area (Å²) in [5.41, 5.74) is 1.17. The summed E-state index contributed by atoms with van der Waals surface area (Å²) in [6.07, 6.45) is 3.94. The van der Waals surface area contributed by atoms with Gasteiger partial charge in [0, 0.05) is 36.4 Å². The van der Waals surface area contributed by atoms with E-state index in [4.69, 9.17) is 11.6 Å². The summed E-state index contributed by atoms with van der Waals surface area (Å²) >= 11 is 5.64. The van der Waals surface area contributed by atoms with Gasteiger partial charge in [-0.1, -0.05) is 32.0 Å². The molecule has 0 bridgehead atoms. The average molecular weight is 228 g/mol. The van der Waals surface area contributed by atoms with Gasteiger partial charge in [0.05, 0.1) is 6.20 Å². The summed E-state index contributed by atoms with van der Waals surface area (Å²) in [6, 6.07) is 0. The Morgan fingerprint density at radius 3 is 3.00 bits per heavy atom. The van der Waals surface area contributed by atoms with Crippen molar-refractivity contribution in [1.29, 1.82) is 0 Å². The molecule has 0 fully saturated rings. The fraction of sp³-hybridized carbons (Fsp3) is 0.545. The van der Waals surface area contributed by atoms with Crippen LogP contribution >= 0.6 is 11.6 Å². The van der Waals surface area contributed by atoms with Crippen LogP contribution < -0.4 is 5.32 Å². The molecule has 0 unspecified atom stereocenters. The molecule has 15 heavy (non-hydrogen) atoms. The minimum atomic E-state index is 0.619. The molecular formula is C11H18ClN3. The summed E-state index contributed by atoms with van der Waals surface area (Å²) < 4.78 is 1.97. The van der Waals surface area contributed by atoms with E-state index in [0.717, 1.165) is 13.1 Å². The van der Waals surface area contributed by atoms with Gasteiger partial charge in [-0.15, -0.1) is 0 Å². The number of hydrogen-bond donors (Lipinski definition) is 1. The Bertz CT molecular complexity index is 317. The van der Waals surface area contributed by atoms with E-state index in [9.17, 15) is 0 Å². The van der Waals surface area contributed by atoms with E-state index in [-0.39, 0.29) is 0 Å². The van der Waals surface area contributed by atoms with Crippen molar-refractivity contribution in [2.45, 2.75) is 26.9 Å². The zero-order valence-corrected chi connectivity index (χ0v) is 10.1. The Balaban J connectivity index is 2.36. The van der Waals surface area contributed by atoms with E-state index < -0.39 is 0 Å². The average Bonchev–Trinajstić information content (AvgIpc) is 2.50. The largest absolute Gasteiger partial charge is 0.308 e. The molecule has 1 aromatic heterocycles. The Morgan fingerprint density at radius 2 is 2.40 bits per heavy atom. The maximum Gasteiger partial charge on any atom is 0.0534 e. The maximum atomic E-state index is 5.64. The molecule has 0 aliphatic rings. The summed E-state index contributed by atoms with van der Waals surface area (Å²) in [7, 11) is 0. The lowest BCUT2D eigenvalue weighted by Gasteiger charge is -2.03. The Morgan fingerprint density at radius 1 is 1.67 bits per heavy atom. The van der Waals surface area contributed by atoms with Crippen molar-refractivity contribution in [3.63, 3.8) is 0 Å². The topological polar surface area (TPSA) is 29.9 Å². The highest BCUT2D eigenvalue weighted by atomic mass is 35.5. The molecular weight excluding hydrogens is 210 g/mol. The van der Waals surface area contributed by atoms with Gasteiger partial charge in [-0.25, -0.2) is 0 Å². The van der Waals surface area contributed by atoms with Gasteiger partial charge in [0.1, 0.15) is 0 Å². The second kappa shape index (κ2) is 5.93. The van der Waals surface area contributed by atoms with Gasteiger partial charge in [0.2, 0.25) is 0 Å². The van der Waals surface area contributed by atoms with Gasteiger partial charge in [-0.2, -0.15) is 5.10 Å². The predicted octanol–water partition coefficient (Wildman–Crippen LogP) is 2.38. The summed E-state index contributed by atoms with van der Waals surface area (Å²) in [4.78, 5) is 0. The molecule has 0 aromatic carbocycles.